The number of nitrogens with zero attached hydrogens (tertiary/aromatic N) is 1. The van der Waals surface area contributed by atoms with Gasteiger partial charge < -0.3 is 20.5 Å². The van der Waals surface area contributed by atoms with Crippen LogP contribution in [-0.2, 0) is 0 Å². The molecule has 1 aromatic heterocycles. The molecule has 0 aromatic carbocycles. The quantitative estimate of drug-likeness (QED) is 0.632. The normalized spacial score (nSPS) is 17.5. The number of aromatic amines is 1. The van der Waals surface area contributed by atoms with Crippen LogP contribution in [0.25, 0.3) is 0 Å². The van der Waals surface area contributed by atoms with Crippen molar-refractivity contribution >= 4 is 5.69 Å². The Hall–Kier alpha value is -1.00. The van der Waals surface area contributed by atoms with Gasteiger partial charge >= 0.3 is 0 Å². The number of piperazine rings is 1. The van der Waals surface area contributed by atoms with E-state index in [1.807, 2.05) is 12.4 Å². The van der Waals surface area contributed by atoms with Crippen LogP contribution in [-0.4, -0.2) is 49.2 Å². The summed E-state index contributed by atoms with van der Waals surface area (Å²) in [5, 5.41) is 6.78. The van der Waals surface area contributed by atoms with Gasteiger partial charge in [0, 0.05) is 45.1 Å². The first-order valence-electron chi connectivity index (χ1n) is 6.25. The molecule has 1 aliphatic rings. The summed E-state index contributed by atoms with van der Waals surface area (Å²) in [7, 11) is 0. The minimum absolute atomic E-state index is 1.07. The minimum Gasteiger partial charge on any atom is -0.384 e. The van der Waals surface area contributed by atoms with E-state index in [-0.39, 0.29) is 0 Å². The fraction of sp³-hybridized carbons (Fsp3) is 0.667. The molecule has 0 saturated carbocycles. The van der Waals surface area contributed by atoms with Crippen LogP contribution in [0.15, 0.2) is 18.5 Å². The lowest BCUT2D eigenvalue weighted by Crippen LogP contribution is -2.43. The number of unbranched alkanes of at least 4 members (excludes halogenated alkanes) is 1. The van der Waals surface area contributed by atoms with E-state index < -0.39 is 0 Å². The van der Waals surface area contributed by atoms with Crippen LogP contribution >= 0.6 is 0 Å². The van der Waals surface area contributed by atoms with Crippen LogP contribution in [0.4, 0.5) is 5.69 Å². The lowest BCUT2D eigenvalue weighted by molar-refractivity contribution is 0.237. The summed E-state index contributed by atoms with van der Waals surface area (Å²) in [6.07, 6.45) is 6.48. The second-order valence-electron chi connectivity index (χ2n) is 4.33. The molecule has 2 rings (SSSR count). The van der Waals surface area contributed by atoms with E-state index >= 15 is 0 Å². The van der Waals surface area contributed by atoms with Crippen molar-refractivity contribution in [3.05, 3.63) is 18.5 Å². The second kappa shape index (κ2) is 6.55. The molecular formula is C12H22N4. The predicted molar refractivity (Wildman–Crippen MR) is 67.8 cm³/mol. The number of H-pyrrole nitrogens is 1. The molecule has 1 aliphatic heterocycles. The molecule has 4 nitrogen and oxygen atoms in total. The summed E-state index contributed by atoms with van der Waals surface area (Å²) in [6.45, 7) is 7.06. The molecular weight excluding hydrogens is 200 g/mol. The van der Waals surface area contributed by atoms with Gasteiger partial charge in [0.2, 0.25) is 0 Å². The highest BCUT2D eigenvalue weighted by Crippen LogP contribution is 2.04. The van der Waals surface area contributed by atoms with Crippen molar-refractivity contribution in [1.29, 1.82) is 0 Å². The van der Waals surface area contributed by atoms with Crippen molar-refractivity contribution in [3.63, 3.8) is 0 Å². The number of hydrogen-bond donors (Lipinski definition) is 3. The Labute approximate surface area is 97.4 Å². The van der Waals surface area contributed by atoms with Crippen LogP contribution in [0.2, 0.25) is 0 Å². The summed E-state index contributed by atoms with van der Waals surface area (Å²) in [5.74, 6) is 0. The molecule has 1 saturated heterocycles. The van der Waals surface area contributed by atoms with Crippen LogP contribution < -0.4 is 10.6 Å². The Morgan fingerprint density at radius 1 is 1.25 bits per heavy atom. The molecule has 0 radical (unpaired) electrons. The topological polar surface area (TPSA) is 43.1 Å². The van der Waals surface area contributed by atoms with E-state index in [1.54, 1.807) is 0 Å². The largest absolute Gasteiger partial charge is 0.384 e. The molecule has 16 heavy (non-hydrogen) atoms. The zero-order valence-electron chi connectivity index (χ0n) is 9.84. The Balaban J connectivity index is 1.48. The van der Waals surface area contributed by atoms with E-state index in [9.17, 15) is 0 Å². The summed E-state index contributed by atoms with van der Waals surface area (Å²) in [6, 6.07) is 2.07. The summed E-state index contributed by atoms with van der Waals surface area (Å²) >= 11 is 0. The van der Waals surface area contributed by atoms with Crippen LogP contribution in [0.1, 0.15) is 12.8 Å². The van der Waals surface area contributed by atoms with Gasteiger partial charge in [-0.25, -0.2) is 0 Å². The fourth-order valence-electron chi connectivity index (χ4n) is 2.06. The number of anilines is 1. The molecule has 0 aliphatic carbocycles. The maximum atomic E-state index is 3.40. The van der Waals surface area contributed by atoms with Crippen molar-refractivity contribution in [2.24, 2.45) is 0 Å². The zero-order chi connectivity index (χ0) is 11.1. The van der Waals surface area contributed by atoms with Crippen molar-refractivity contribution in [2.75, 3.05) is 44.6 Å². The van der Waals surface area contributed by atoms with E-state index in [4.69, 9.17) is 0 Å². The summed E-state index contributed by atoms with van der Waals surface area (Å²) < 4.78 is 0. The lowest BCUT2D eigenvalue weighted by Gasteiger charge is -2.27. The SMILES string of the molecule is c1cc(NCCCCN2CCNCC2)c[nH]1. The number of rotatable bonds is 6. The fourth-order valence-corrected chi connectivity index (χ4v) is 2.06. The van der Waals surface area contributed by atoms with Gasteiger partial charge in [-0.3, -0.25) is 0 Å². The minimum atomic E-state index is 1.07. The first kappa shape index (κ1) is 11.5. The Morgan fingerprint density at radius 2 is 2.12 bits per heavy atom. The Morgan fingerprint density at radius 3 is 2.88 bits per heavy atom. The first-order valence-corrected chi connectivity index (χ1v) is 6.25. The van der Waals surface area contributed by atoms with Gasteiger partial charge in [0.15, 0.2) is 0 Å². The first-order chi connectivity index (χ1) is 7.95. The zero-order valence-corrected chi connectivity index (χ0v) is 9.84. The molecule has 0 atom stereocenters. The van der Waals surface area contributed by atoms with Gasteiger partial charge in [-0.15, -0.1) is 0 Å². The van der Waals surface area contributed by atoms with Crippen molar-refractivity contribution < 1.29 is 0 Å². The average molecular weight is 222 g/mol. The molecule has 1 fully saturated rings. The van der Waals surface area contributed by atoms with E-state index in [2.05, 4.69) is 26.6 Å². The van der Waals surface area contributed by atoms with Crippen molar-refractivity contribution in [2.45, 2.75) is 12.8 Å². The van der Waals surface area contributed by atoms with Crippen LogP contribution in [0, 0.1) is 0 Å². The molecule has 3 N–H and O–H groups in total. The van der Waals surface area contributed by atoms with Gasteiger partial charge in [0.25, 0.3) is 0 Å². The summed E-state index contributed by atoms with van der Waals surface area (Å²) in [4.78, 5) is 5.59. The third-order valence-corrected chi connectivity index (χ3v) is 3.04. The number of hydrogen-bond acceptors (Lipinski definition) is 3. The highest BCUT2D eigenvalue weighted by atomic mass is 15.2. The highest BCUT2D eigenvalue weighted by Gasteiger charge is 2.07. The van der Waals surface area contributed by atoms with Gasteiger partial charge in [0.1, 0.15) is 0 Å². The Bertz CT molecular complexity index is 265. The van der Waals surface area contributed by atoms with Gasteiger partial charge in [-0.2, -0.15) is 0 Å². The van der Waals surface area contributed by atoms with Gasteiger partial charge in [0.05, 0.1) is 5.69 Å². The average Bonchev–Trinajstić information content (AvgIpc) is 2.83. The van der Waals surface area contributed by atoms with Crippen molar-refractivity contribution in [3.8, 4) is 0 Å². The molecule has 0 bridgehead atoms. The molecule has 0 unspecified atom stereocenters. The molecule has 1 aromatic rings. The second-order valence-corrected chi connectivity index (χ2v) is 4.33. The lowest BCUT2D eigenvalue weighted by atomic mass is 10.2. The van der Waals surface area contributed by atoms with E-state index in [1.165, 1.54) is 38.2 Å². The predicted octanol–water partition coefficient (Wildman–Crippen LogP) is 1.11. The molecule has 4 heteroatoms. The third-order valence-electron chi connectivity index (χ3n) is 3.04. The monoisotopic (exact) mass is 222 g/mol. The number of nitrogens with one attached hydrogen (secondary N) is 3. The van der Waals surface area contributed by atoms with E-state index in [0.717, 1.165) is 19.6 Å². The van der Waals surface area contributed by atoms with Crippen molar-refractivity contribution in [1.82, 2.24) is 15.2 Å². The van der Waals surface area contributed by atoms with Crippen LogP contribution in [0.5, 0.6) is 0 Å². The van der Waals surface area contributed by atoms with Crippen LogP contribution in [0.3, 0.4) is 0 Å². The number of aromatic nitrogens is 1. The standard InChI is InChI=1S/C12H22N4/c1(4-15-12-3-5-14-11-12)2-8-16-9-6-13-7-10-16/h3,5,11,13-15H,1-2,4,6-10H2. The van der Waals surface area contributed by atoms with E-state index in [0.29, 0.717) is 0 Å². The molecule has 90 valence electrons. The molecule has 0 spiro atoms. The third kappa shape index (κ3) is 3.87. The van der Waals surface area contributed by atoms with Gasteiger partial charge in [-0.05, 0) is 25.5 Å². The molecule has 0 amide bonds. The summed E-state index contributed by atoms with van der Waals surface area (Å²) in [5.41, 5.74) is 1.20. The smallest absolute Gasteiger partial charge is 0.0517 e. The molecule has 2 heterocycles. The van der Waals surface area contributed by atoms with Gasteiger partial charge in [-0.1, -0.05) is 0 Å². The maximum absolute atomic E-state index is 3.40. The highest BCUT2D eigenvalue weighted by molar-refractivity contribution is 5.39. The maximum Gasteiger partial charge on any atom is 0.0517 e. The Kier molecular flexibility index (Phi) is 4.70.